The minimum absolute atomic E-state index is 0.0515. The summed E-state index contributed by atoms with van der Waals surface area (Å²) in [6.07, 6.45) is 0.755. The highest BCUT2D eigenvalue weighted by atomic mass is 16.6. The highest BCUT2D eigenvalue weighted by molar-refractivity contribution is 5.90. The van der Waals surface area contributed by atoms with Gasteiger partial charge in [0.2, 0.25) is 0 Å². The van der Waals surface area contributed by atoms with Crippen LogP contribution in [0.1, 0.15) is 17.9 Å². The molecular formula is C23H24N2O7. The third kappa shape index (κ3) is 3.59. The first-order valence-corrected chi connectivity index (χ1v) is 10.2. The number of aliphatic hydroxyl groups is 1. The van der Waals surface area contributed by atoms with Gasteiger partial charge in [-0.2, -0.15) is 0 Å². The molecule has 0 amide bonds. The quantitative estimate of drug-likeness (QED) is 0.459. The first-order chi connectivity index (χ1) is 15.4. The van der Waals surface area contributed by atoms with Crippen LogP contribution in [-0.2, 0) is 0 Å². The number of aliphatic hydroxyl groups excluding tert-OH is 1. The Morgan fingerprint density at radius 3 is 2.47 bits per heavy atom. The molecule has 1 fully saturated rings. The zero-order valence-electron chi connectivity index (χ0n) is 18.0. The van der Waals surface area contributed by atoms with Crippen molar-refractivity contribution in [2.24, 2.45) is 0 Å². The van der Waals surface area contributed by atoms with E-state index in [0.29, 0.717) is 33.6 Å². The number of methoxy groups -OCH3 is 2. The Morgan fingerprint density at radius 2 is 1.88 bits per heavy atom. The summed E-state index contributed by atoms with van der Waals surface area (Å²) in [5.41, 5.74) is 1.21. The van der Waals surface area contributed by atoms with E-state index in [1.165, 1.54) is 32.4 Å². The second kappa shape index (κ2) is 8.60. The number of non-ortho nitro benzene ring substituents is 1. The van der Waals surface area contributed by atoms with Crippen LogP contribution in [0.15, 0.2) is 45.6 Å². The molecule has 0 bridgehead atoms. The maximum atomic E-state index is 13.2. The third-order valence-electron chi connectivity index (χ3n) is 6.15. The van der Waals surface area contributed by atoms with Gasteiger partial charge in [-0.05, 0) is 32.1 Å². The van der Waals surface area contributed by atoms with Gasteiger partial charge >= 0.3 is 0 Å². The Balaban J connectivity index is 1.99. The number of fused-ring (bicyclic) bond motifs is 1. The molecule has 4 rings (SSSR count). The van der Waals surface area contributed by atoms with Crippen molar-refractivity contribution < 1.29 is 23.9 Å². The van der Waals surface area contributed by atoms with Crippen molar-refractivity contribution >= 4 is 16.7 Å². The number of rotatable bonds is 6. The van der Waals surface area contributed by atoms with Gasteiger partial charge in [-0.25, -0.2) is 0 Å². The van der Waals surface area contributed by atoms with E-state index in [1.807, 2.05) is 7.05 Å². The molecule has 3 aromatic rings. The maximum absolute atomic E-state index is 13.2. The van der Waals surface area contributed by atoms with E-state index in [1.54, 1.807) is 18.2 Å². The van der Waals surface area contributed by atoms with Crippen LogP contribution in [0.3, 0.4) is 0 Å². The van der Waals surface area contributed by atoms with E-state index in [0.717, 1.165) is 13.0 Å². The minimum Gasteiger partial charge on any atom is -0.496 e. The summed E-state index contributed by atoms with van der Waals surface area (Å²) in [6, 6.07) is 8.67. The van der Waals surface area contributed by atoms with Crippen molar-refractivity contribution in [2.45, 2.75) is 18.4 Å². The summed E-state index contributed by atoms with van der Waals surface area (Å²) in [4.78, 5) is 25.7. The fourth-order valence-corrected chi connectivity index (χ4v) is 4.48. The summed E-state index contributed by atoms with van der Waals surface area (Å²) >= 11 is 0. The summed E-state index contributed by atoms with van der Waals surface area (Å²) in [5, 5.41) is 21.3. The Hall–Kier alpha value is -3.43. The smallest absolute Gasteiger partial charge is 0.269 e. The van der Waals surface area contributed by atoms with Crippen LogP contribution in [0.25, 0.3) is 22.3 Å². The molecular weight excluding hydrogens is 416 g/mol. The molecule has 2 aromatic carbocycles. The van der Waals surface area contributed by atoms with Gasteiger partial charge in [0.25, 0.3) is 5.69 Å². The lowest BCUT2D eigenvalue weighted by atomic mass is 9.89. The predicted octanol–water partition coefficient (Wildman–Crippen LogP) is 3.17. The van der Waals surface area contributed by atoms with Crippen LogP contribution in [-0.4, -0.2) is 55.4 Å². The summed E-state index contributed by atoms with van der Waals surface area (Å²) in [6.45, 7) is 0.725. The van der Waals surface area contributed by atoms with Crippen LogP contribution < -0.4 is 14.9 Å². The van der Waals surface area contributed by atoms with E-state index in [4.69, 9.17) is 13.9 Å². The molecule has 0 spiro atoms. The largest absolute Gasteiger partial charge is 0.496 e. The highest BCUT2D eigenvalue weighted by Crippen LogP contribution is 2.44. The Labute approximate surface area is 183 Å². The SMILES string of the molecule is COc1cc(OC)c2c(=O)cc(-c3ccc([N+](=O)[O-])cc3)oc2c1[C@H]1CCN(C)[C@@H]1CO. The topological polar surface area (TPSA) is 115 Å². The van der Waals surface area contributed by atoms with E-state index in [-0.39, 0.29) is 35.4 Å². The minimum atomic E-state index is -0.486. The molecule has 2 atom stereocenters. The lowest BCUT2D eigenvalue weighted by Crippen LogP contribution is -2.32. The molecule has 0 unspecified atom stereocenters. The zero-order chi connectivity index (χ0) is 23.0. The van der Waals surface area contributed by atoms with Crippen molar-refractivity contribution in [3.8, 4) is 22.8 Å². The molecule has 168 valence electrons. The molecule has 0 radical (unpaired) electrons. The van der Waals surface area contributed by atoms with Gasteiger partial charge < -0.3 is 23.9 Å². The Morgan fingerprint density at radius 1 is 1.19 bits per heavy atom. The number of hydrogen-bond acceptors (Lipinski definition) is 8. The molecule has 1 aliphatic heterocycles. The number of hydrogen-bond donors (Lipinski definition) is 1. The maximum Gasteiger partial charge on any atom is 0.269 e. The normalized spacial score (nSPS) is 18.8. The van der Waals surface area contributed by atoms with Gasteiger partial charge in [0, 0.05) is 47.4 Å². The van der Waals surface area contributed by atoms with Crippen LogP contribution >= 0.6 is 0 Å². The number of likely N-dealkylation sites (tertiary alicyclic amines) is 1. The van der Waals surface area contributed by atoms with Gasteiger partial charge in [0.15, 0.2) is 5.43 Å². The van der Waals surface area contributed by atoms with Gasteiger partial charge in [-0.15, -0.1) is 0 Å². The predicted molar refractivity (Wildman–Crippen MR) is 119 cm³/mol. The van der Waals surface area contributed by atoms with E-state index >= 15 is 0 Å². The van der Waals surface area contributed by atoms with Crippen molar-refractivity contribution in [1.29, 1.82) is 0 Å². The first kappa shape index (κ1) is 21.8. The average molecular weight is 440 g/mol. The molecule has 0 aliphatic carbocycles. The van der Waals surface area contributed by atoms with Crippen molar-refractivity contribution in [2.75, 3.05) is 34.4 Å². The van der Waals surface area contributed by atoms with Gasteiger partial charge in [-0.1, -0.05) is 0 Å². The number of ether oxygens (including phenoxy) is 2. The average Bonchev–Trinajstić information content (AvgIpc) is 3.17. The standard InChI is InChI=1S/C23H24N2O7/c1-24-9-8-15(16(24)12-26)21-19(30-2)11-20(31-3)22-17(27)10-18(32-23(21)22)13-4-6-14(7-5-13)25(28)29/h4-7,10-11,15-16,26H,8-9,12H2,1-3H3/t15-,16+/m0/s1. The first-order valence-electron chi connectivity index (χ1n) is 10.2. The molecule has 1 aromatic heterocycles. The number of nitrogens with zero attached hydrogens (tertiary/aromatic N) is 2. The summed E-state index contributed by atoms with van der Waals surface area (Å²) in [5.74, 6) is 0.998. The molecule has 0 saturated carbocycles. The van der Waals surface area contributed by atoms with Crippen molar-refractivity contribution in [1.82, 2.24) is 4.90 Å². The second-order valence-corrected chi connectivity index (χ2v) is 7.80. The Bertz CT molecular complexity index is 1220. The molecule has 2 heterocycles. The zero-order valence-corrected chi connectivity index (χ0v) is 18.0. The van der Waals surface area contributed by atoms with Crippen LogP contribution in [0, 0.1) is 10.1 Å². The van der Waals surface area contributed by atoms with E-state index in [9.17, 15) is 20.0 Å². The van der Waals surface area contributed by atoms with Crippen molar-refractivity contribution in [3.05, 3.63) is 62.3 Å². The van der Waals surface area contributed by atoms with Gasteiger partial charge in [0.05, 0.1) is 25.7 Å². The van der Waals surface area contributed by atoms with Gasteiger partial charge in [0.1, 0.15) is 28.2 Å². The number of likely N-dealkylation sites (N-methyl/N-ethyl adjacent to an activating group) is 1. The molecule has 1 saturated heterocycles. The molecule has 32 heavy (non-hydrogen) atoms. The number of nitro benzene ring substituents is 1. The molecule has 1 aliphatic rings. The molecule has 1 N–H and O–H groups in total. The van der Waals surface area contributed by atoms with Gasteiger partial charge in [-0.3, -0.25) is 14.9 Å². The van der Waals surface area contributed by atoms with Crippen LogP contribution in [0.4, 0.5) is 5.69 Å². The highest BCUT2D eigenvalue weighted by Gasteiger charge is 2.37. The lowest BCUT2D eigenvalue weighted by Gasteiger charge is -2.25. The number of benzene rings is 2. The van der Waals surface area contributed by atoms with Crippen molar-refractivity contribution in [3.63, 3.8) is 0 Å². The summed E-state index contributed by atoms with van der Waals surface area (Å²) < 4.78 is 17.4. The second-order valence-electron chi connectivity index (χ2n) is 7.80. The van der Waals surface area contributed by atoms with Crippen LogP contribution in [0.2, 0.25) is 0 Å². The monoisotopic (exact) mass is 440 g/mol. The third-order valence-corrected chi connectivity index (χ3v) is 6.15. The number of nitro groups is 1. The van der Waals surface area contributed by atoms with Crippen LogP contribution in [0.5, 0.6) is 11.5 Å². The van der Waals surface area contributed by atoms with E-state index < -0.39 is 4.92 Å². The lowest BCUT2D eigenvalue weighted by molar-refractivity contribution is -0.384. The van der Waals surface area contributed by atoms with E-state index in [2.05, 4.69) is 4.90 Å². The fraction of sp³-hybridized carbons (Fsp3) is 0.348. The molecule has 9 nitrogen and oxygen atoms in total. The Kier molecular flexibility index (Phi) is 5.86. The summed E-state index contributed by atoms with van der Waals surface area (Å²) in [7, 11) is 4.95. The fourth-order valence-electron chi connectivity index (χ4n) is 4.48. The molecule has 9 heteroatoms.